The first-order valence-electron chi connectivity index (χ1n) is 11.5. The highest BCUT2D eigenvalue weighted by atomic mass is 16.2. The van der Waals surface area contributed by atoms with Crippen LogP contribution in [0.4, 0.5) is 0 Å². The average Bonchev–Trinajstić information content (AvgIpc) is 2.70. The monoisotopic (exact) mass is 395 g/mol. The topological polar surface area (TPSA) is 44.7 Å². The summed E-state index contributed by atoms with van der Waals surface area (Å²) in [5, 5.41) is 3.26. The lowest BCUT2D eigenvalue weighted by Gasteiger charge is -2.60. The summed E-state index contributed by atoms with van der Waals surface area (Å²) in [5.41, 5.74) is 0.715. The van der Waals surface area contributed by atoms with Gasteiger partial charge in [0.25, 0.3) is 0 Å². The lowest BCUT2D eigenvalue weighted by Crippen LogP contribution is -2.70. The Morgan fingerprint density at radius 2 is 1.97 bits per heavy atom. The molecule has 1 aromatic rings. The molecule has 158 valence electrons. The molecule has 29 heavy (non-hydrogen) atoms. The second kappa shape index (κ2) is 8.22. The number of aliphatic imine (C=N–C) groups is 1. The maximum atomic E-state index is 13.6. The lowest BCUT2D eigenvalue weighted by molar-refractivity contribution is -0.138. The Balaban J connectivity index is 1.70. The van der Waals surface area contributed by atoms with Gasteiger partial charge in [-0.2, -0.15) is 0 Å². The first-order chi connectivity index (χ1) is 13.9. The molecular formula is C25H37N3O. The number of nitrogens with zero attached hydrogens (tertiary/aromatic N) is 2. The maximum Gasteiger partial charge on any atom is 0.248 e. The molecule has 0 aromatic heterocycles. The molecule has 3 heterocycles. The number of carbonyl (C=O) groups excluding carboxylic acids is 1. The average molecular weight is 396 g/mol. The van der Waals surface area contributed by atoms with Crippen molar-refractivity contribution in [2.24, 2.45) is 34.6 Å². The van der Waals surface area contributed by atoms with Crippen molar-refractivity contribution in [1.29, 1.82) is 0 Å². The Morgan fingerprint density at radius 3 is 2.66 bits per heavy atom. The number of rotatable bonds is 7. The third-order valence-corrected chi connectivity index (χ3v) is 7.19. The van der Waals surface area contributed by atoms with Crippen LogP contribution in [0.25, 0.3) is 0 Å². The van der Waals surface area contributed by atoms with Gasteiger partial charge in [-0.25, -0.2) is 0 Å². The molecular weight excluding hydrogens is 358 g/mol. The molecule has 0 spiro atoms. The van der Waals surface area contributed by atoms with Gasteiger partial charge in [0.15, 0.2) is 0 Å². The van der Waals surface area contributed by atoms with Crippen molar-refractivity contribution in [3.63, 3.8) is 0 Å². The van der Waals surface area contributed by atoms with Gasteiger partial charge < -0.3 is 5.32 Å². The van der Waals surface area contributed by atoms with Crippen molar-refractivity contribution in [2.75, 3.05) is 19.6 Å². The van der Waals surface area contributed by atoms with E-state index in [1.807, 2.05) is 0 Å². The SMILES string of the molecule is CC(C)CNC(=O)[C@@]12C[C@@H]3CCN(CC(C)C)[C@@H]([C@@H]3C=N1)[C@H]2Cc1ccccc1. The largest absolute Gasteiger partial charge is 0.354 e. The maximum absolute atomic E-state index is 13.6. The van der Waals surface area contributed by atoms with Crippen LogP contribution in [-0.2, 0) is 11.2 Å². The number of piperidine rings is 1. The van der Waals surface area contributed by atoms with Crippen molar-refractivity contribution in [3.05, 3.63) is 35.9 Å². The molecule has 2 fully saturated rings. The van der Waals surface area contributed by atoms with Crippen molar-refractivity contribution >= 4 is 12.1 Å². The van der Waals surface area contributed by atoms with E-state index in [0.29, 0.717) is 29.7 Å². The van der Waals surface area contributed by atoms with E-state index in [-0.39, 0.29) is 11.8 Å². The van der Waals surface area contributed by atoms with E-state index in [1.54, 1.807) is 0 Å². The van der Waals surface area contributed by atoms with Crippen LogP contribution in [0.5, 0.6) is 0 Å². The lowest BCUT2D eigenvalue weighted by atomic mass is 9.55. The third kappa shape index (κ3) is 3.88. The number of benzene rings is 1. The van der Waals surface area contributed by atoms with Gasteiger partial charge in [-0.3, -0.25) is 14.7 Å². The summed E-state index contributed by atoms with van der Waals surface area (Å²) in [6.07, 6.45) is 5.20. The molecule has 4 aliphatic rings. The number of carbonyl (C=O) groups is 1. The molecule has 0 radical (unpaired) electrons. The fraction of sp³-hybridized carbons (Fsp3) is 0.680. The number of hydrogen-bond donors (Lipinski definition) is 1. The van der Waals surface area contributed by atoms with Crippen LogP contribution in [0.2, 0.25) is 0 Å². The van der Waals surface area contributed by atoms with Gasteiger partial charge in [0.2, 0.25) is 5.91 Å². The number of amides is 1. The summed E-state index contributed by atoms with van der Waals surface area (Å²) >= 11 is 0. The van der Waals surface area contributed by atoms with Gasteiger partial charge in [-0.15, -0.1) is 0 Å². The van der Waals surface area contributed by atoms with Crippen LogP contribution in [0.3, 0.4) is 0 Å². The number of likely N-dealkylation sites (tertiary alicyclic amines) is 1. The molecule has 1 saturated heterocycles. The molecule has 4 nitrogen and oxygen atoms in total. The zero-order valence-corrected chi connectivity index (χ0v) is 18.5. The fourth-order valence-corrected chi connectivity index (χ4v) is 5.98. The Labute approximate surface area is 176 Å². The van der Waals surface area contributed by atoms with Crippen molar-refractivity contribution in [3.8, 4) is 0 Å². The summed E-state index contributed by atoms with van der Waals surface area (Å²) in [6.45, 7) is 11.9. The zero-order valence-electron chi connectivity index (χ0n) is 18.5. The smallest absolute Gasteiger partial charge is 0.248 e. The molecule has 1 saturated carbocycles. The molecule has 4 heteroatoms. The van der Waals surface area contributed by atoms with E-state index in [0.717, 1.165) is 32.5 Å². The Hall–Kier alpha value is -1.68. The van der Waals surface area contributed by atoms with Gasteiger partial charge in [-0.1, -0.05) is 58.0 Å². The first kappa shape index (κ1) is 20.6. The second-order valence-electron chi connectivity index (χ2n) is 10.3. The Morgan fingerprint density at radius 1 is 1.21 bits per heavy atom. The summed E-state index contributed by atoms with van der Waals surface area (Å²) in [5.74, 6) is 2.56. The number of nitrogens with one attached hydrogen (secondary N) is 1. The van der Waals surface area contributed by atoms with Crippen LogP contribution in [0.1, 0.15) is 46.1 Å². The summed E-state index contributed by atoms with van der Waals surface area (Å²) < 4.78 is 0. The van der Waals surface area contributed by atoms with E-state index in [1.165, 1.54) is 12.0 Å². The fourth-order valence-electron chi connectivity index (χ4n) is 5.98. The highest BCUT2D eigenvalue weighted by molar-refractivity contribution is 5.91. The molecule has 1 aromatic carbocycles. The van der Waals surface area contributed by atoms with E-state index in [4.69, 9.17) is 4.99 Å². The first-order valence-corrected chi connectivity index (χ1v) is 11.5. The molecule has 5 atom stereocenters. The van der Waals surface area contributed by atoms with E-state index >= 15 is 0 Å². The van der Waals surface area contributed by atoms with Gasteiger partial charge in [0, 0.05) is 37.2 Å². The van der Waals surface area contributed by atoms with E-state index in [2.05, 4.69) is 74.5 Å². The normalized spacial score (nSPS) is 33.4. The molecule has 0 unspecified atom stereocenters. The van der Waals surface area contributed by atoms with Gasteiger partial charge >= 0.3 is 0 Å². The predicted octanol–water partition coefficient (Wildman–Crippen LogP) is 3.81. The van der Waals surface area contributed by atoms with Crippen LogP contribution in [-0.4, -0.2) is 48.2 Å². The molecule has 1 amide bonds. The van der Waals surface area contributed by atoms with Gasteiger partial charge in [0.1, 0.15) is 5.54 Å². The van der Waals surface area contributed by atoms with Crippen LogP contribution in [0, 0.1) is 29.6 Å². The molecule has 3 aliphatic heterocycles. The Bertz CT molecular complexity index is 744. The number of hydrogen-bond acceptors (Lipinski definition) is 3. The summed E-state index contributed by atoms with van der Waals surface area (Å²) in [6, 6.07) is 11.1. The van der Waals surface area contributed by atoms with E-state index in [9.17, 15) is 4.79 Å². The minimum atomic E-state index is -0.607. The Kier molecular flexibility index (Phi) is 5.83. The summed E-state index contributed by atoms with van der Waals surface area (Å²) in [7, 11) is 0. The quantitative estimate of drug-likeness (QED) is 0.763. The molecule has 1 N–H and O–H groups in total. The summed E-state index contributed by atoms with van der Waals surface area (Å²) in [4.78, 5) is 21.3. The molecule has 5 rings (SSSR count). The van der Waals surface area contributed by atoms with Crippen LogP contribution >= 0.6 is 0 Å². The van der Waals surface area contributed by atoms with Gasteiger partial charge in [-0.05, 0) is 49.1 Å². The van der Waals surface area contributed by atoms with Crippen molar-refractivity contribution < 1.29 is 4.79 Å². The highest BCUT2D eigenvalue weighted by Crippen LogP contribution is 2.53. The third-order valence-electron chi connectivity index (χ3n) is 7.19. The second-order valence-corrected chi connectivity index (χ2v) is 10.3. The van der Waals surface area contributed by atoms with Crippen molar-refractivity contribution in [2.45, 2.75) is 58.5 Å². The minimum absolute atomic E-state index is 0.155. The highest BCUT2D eigenvalue weighted by Gasteiger charge is 2.61. The molecule has 1 aliphatic carbocycles. The van der Waals surface area contributed by atoms with Gasteiger partial charge in [0.05, 0.1) is 0 Å². The van der Waals surface area contributed by atoms with Crippen LogP contribution < -0.4 is 5.32 Å². The van der Waals surface area contributed by atoms with E-state index < -0.39 is 5.54 Å². The predicted molar refractivity (Wildman–Crippen MR) is 119 cm³/mol. The standard InChI is InChI=1S/C25H37N3O/c1-17(2)14-26-24(29)25-13-20-10-11-28(16-18(3)4)23(21(20)15-27-25)22(25)12-19-8-6-5-7-9-19/h5-9,15,17-18,20-23H,10-14,16H2,1-4H3,(H,26,29)/t20-,21+,22+,23-,25-/m0/s1. The minimum Gasteiger partial charge on any atom is -0.354 e. The zero-order chi connectivity index (χ0) is 20.6. The molecule has 4 bridgehead atoms. The van der Waals surface area contributed by atoms with Crippen LogP contribution in [0.15, 0.2) is 35.3 Å². The van der Waals surface area contributed by atoms with Crippen molar-refractivity contribution in [1.82, 2.24) is 10.2 Å².